The van der Waals surface area contributed by atoms with E-state index < -0.39 is 198 Å². The highest BCUT2D eigenvalue weighted by molar-refractivity contribution is 6.32. The molecule has 600 valence electrons. The molecule has 15 N–H and O–H groups in total. The van der Waals surface area contributed by atoms with E-state index in [-0.39, 0.29) is 103 Å². The SMILES string of the molecule is CCOc1ccc(NC(=O)NC(=O)C[C@@H]2CC(=O)[C@H](NC(=O)[C@H](CC)CC(C)C)[C@H](O)c3ccc(c(Cl)c3)Oc3cc4cc(c3O[C@@H]3O[C@H](CO)[C@@H](O)[C@H](O)[C@H]3O)Oc3ccc(cc3Cl)[C@@H](O)[C@@H]3NC(=O)[C@@H](CC(=O)[C@@H]4NC2=O)c2ccc(O)c(c2)-c2c(O)cc(O)cc2[C@@H](C(=O)CC2C4CC5CC(C4)CC2C5)NC3=O)cc1. The van der Waals surface area contributed by atoms with Crippen LogP contribution in [0.3, 0.4) is 0 Å². The highest BCUT2D eigenvalue weighted by atomic mass is 35.5. The molecule has 7 amide bonds. The molecule has 31 heteroatoms. The van der Waals surface area contributed by atoms with Crippen LogP contribution in [0.4, 0.5) is 10.5 Å². The Morgan fingerprint density at radius 3 is 1.88 bits per heavy atom. The van der Waals surface area contributed by atoms with Gasteiger partial charge in [-0.05, 0) is 194 Å². The zero-order valence-electron chi connectivity index (χ0n) is 62.1. The van der Waals surface area contributed by atoms with Crippen molar-refractivity contribution in [2.75, 3.05) is 18.5 Å². The Hall–Kier alpha value is -9.95. The normalized spacial score (nSPS) is 28.3. The topological polar surface area (TPSA) is 454 Å². The number of aromatic hydroxyl groups is 3. The number of nitrogens with one attached hydrogen (secondary N) is 6. The first kappa shape index (κ1) is 81.1. The first-order chi connectivity index (χ1) is 53.9. The largest absolute Gasteiger partial charge is 0.508 e. The number of benzene rings is 6. The van der Waals surface area contributed by atoms with Gasteiger partial charge in [0.1, 0.15) is 95.3 Å². The number of rotatable bonds is 16. The van der Waals surface area contributed by atoms with E-state index in [2.05, 4.69) is 31.9 Å². The Morgan fingerprint density at radius 2 is 1.27 bits per heavy atom. The summed E-state index contributed by atoms with van der Waals surface area (Å²) in [6.45, 7) is 6.65. The second kappa shape index (κ2) is 34.0. The van der Waals surface area contributed by atoms with Gasteiger partial charge in [-0.3, -0.25) is 43.7 Å². The molecule has 14 atom stereocenters. The van der Waals surface area contributed by atoms with Crippen molar-refractivity contribution in [3.05, 3.63) is 141 Å². The number of imide groups is 1. The summed E-state index contributed by atoms with van der Waals surface area (Å²) in [7, 11) is 0. The Kier molecular flexibility index (Phi) is 24.4. The molecule has 0 unspecified atom stereocenters. The van der Waals surface area contributed by atoms with Gasteiger partial charge in [0.25, 0.3) is 0 Å². The molecule has 6 aromatic carbocycles. The van der Waals surface area contributed by atoms with E-state index in [9.17, 15) is 60.3 Å². The lowest BCUT2D eigenvalue weighted by molar-refractivity contribution is -0.277. The van der Waals surface area contributed by atoms with Crippen molar-refractivity contribution in [1.82, 2.24) is 26.6 Å². The van der Waals surface area contributed by atoms with Crippen molar-refractivity contribution in [2.45, 2.75) is 171 Å². The second-order valence-electron chi connectivity index (χ2n) is 31.0. The zero-order valence-corrected chi connectivity index (χ0v) is 63.6. The lowest BCUT2D eigenvalue weighted by Crippen LogP contribution is -2.60. The summed E-state index contributed by atoms with van der Waals surface area (Å²) in [6, 6.07) is 12.0. The first-order valence-electron chi connectivity index (χ1n) is 37.9. The van der Waals surface area contributed by atoms with E-state index >= 15 is 28.8 Å². The third-order valence-corrected chi connectivity index (χ3v) is 23.4. The number of hydrogen-bond acceptors (Lipinski definition) is 23. The second-order valence-corrected chi connectivity index (χ2v) is 31.8. The lowest BCUT2D eigenvalue weighted by Gasteiger charge is -2.54. The maximum absolute atomic E-state index is 16.5. The summed E-state index contributed by atoms with van der Waals surface area (Å²) in [5.74, 6) is -15.6. The predicted octanol–water partition coefficient (Wildman–Crippen LogP) is 8.49. The number of phenolic OH excluding ortho intramolecular Hbond substituents is 3. The van der Waals surface area contributed by atoms with Crippen LogP contribution in [0.1, 0.15) is 156 Å². The van der Waals surface area contributed by atoms with Crippen LogP contribution in [-0.4, -0.2) is 155 Å². The number of Topliss-reactive ketones (excluding diaryl/α,β-unsaturated/α-hetero) is 3. The van der Waals surface area contributed by atoms with Crippen LogP contribution in [-0.2, 0) is 43.1 Å². The van der Waals surface area contributed by atoms with E-state index in [4.69, 9.17) is 46.9 Å². The summed E-state index contributed by atoms with van der Waals surface area (Å²) >= 11 is 14.3. The van der Waals surface area contributed by atoms with Gasteiger partial charge in [0.05, 0.1) is 35.1 Å². The quantitative estimate of drug-likeness (QED) is 0.0431. The van der Waals surface area contributed by atoms with Crippen molar-refractivity contribution in [1.29, 1.82) is 0 Å². The van der Waals surface area contributed by atoms with Crippen molar-refractivity contribution < 1.29 is 113 Å². The molecule has 6 heterocycles. The molecule has 6 aromatic rings. The molecule has 10 aliphatic rings. The minimum absolute atomic E-state index is 0.0387. The number of phenols is 3. The van der Waals surface area contributed by atoms with Crippen LogP contribution in [0.5, 0.6) is 51.7 Å². The summed E-state index contributed by atoms with van der Waals surface area (Å²) < 4.78 is 31.0. The number of fused-ring (bicyclic) bond motifs is 15. The molecule has 6 aliphatic heterocycles. The molecule has 0 spiro atoms. The number of ketones is 3. The maximum atomic E-state index is 16.5. The number of halogens is 2. The molecule has 15 bridgehead atoms. The molecule has 5 fully saturated rings. The molecule has 1 saturated heterocycles. The maximum Gasteiger partial charge on any atom is 0.325 e. The van der Waals surface area contributed by atoms with Crippen LogP contribution in [0.15, 0.2) is 103 Å². The van der Waals surface area contributed by atoms with Crippen LogP contribution in [0, 0.1) is 47.3 Å². The fourth-order valence-corrected chi connectivity index (χ4v) is 17.8. The molecule has 0 aromatic heterocycles. The fraction of sp³-hybridized carbons (Fsp3) is 0.451. The summed E-state index contributed by atoms with van der Waals surface area (Å²) in [6.07, 6.45) is -11.9. The van der Waals surface area contributed by atoms with Crippen LogP contribution >= 0.6 is 23.2 Å². The predicted molar refractivity (Wildman–Crippen MR) is 405 cm³/mol. The van der Waals surface area contributed by atoms with Crippen molar-refractivity contribution in [3.8, 4) is 62.9 Å². The highest BCUT2D eigenvalue weighted by Gasteiger charge is 2.51. The number of carbonyl (C=O) groups excluding carboxylic acids is 9. The number of urea groups is 1. The molecule has 0 radical (unpaired) electrons. The number of anilines is 1. The molecule has 29 nitrogen and oxygen atoms in total. The first-order valence-corrected chi connectivity index (χ1v) is 38.7. The van der Waals surface area contributed by atoms with Gasteiger partial charge in [0.2, 0.25) is 41.6 Å². The summed E-state index contributed by atoms with van der Waals surface area (Å²) in [4.78, 5) is 138. The van der Waals surface area contributed by atoms with E-state index in [0.717, 1.165) is 68.5 Å². The lowest BCUT2D eigenvalue weighted by atomic mass is 9.51. The molecule has 4 saturated carbocycles. The average molecular weight is 1600 g/mol. The van der Waals surface area contributed by atoms with E-state index in [1.807, 2.05) is 13.8 Å². The van der Waals surface area contributed by atoms with Gasteiger partial charge in [-0.2, -0.15) is 0 Å². The number of aliphatic hydroxyl groups excluding tert-OH is 6. The minimum atomic E-state index is -2.22. The van der Waals surface area contributed by atoms with Crippen LogP contribution in [0.2, 0.25) is 10.0 Å². The molecular weight excluding hydrogens is 1510 g/mol. The Balaban J connectivity index is 0.995. The van der Waals surface area contributed by atoms with Gasteiger partial charge < -0.3 is 96.2 Å². The molecular formula is C82H90Cl2N6O23. The van der Waals surface area contributed by atoms with E-state index in [1.54, 1.807) is 26.0 Å². The van der Waals surface area contributed by atoms with Crippen molar-refractivity contribution in [3.63, 3.8) is 0 Å². The van der Waals surface area contributed by atoms with Crippen LogP contribution in [0.25, 0.3) is 11.1 Å². The number of ether oxygens (including phenoxy) is 5. The minimum Gasteiger partial charge on any atom is -0.508 e. The molecule has 4 aliphatic carbocycles. The third-order valence-electron chi connectivity index (χ3n) is 22.8. The number of hydrogen-bond donors (Lipinski definition) is 15. The number of carbonyl (C=O) groups is 9. The third kappa shape index (κ3) is 17.4. The number of aliphatic hydroxyl groups is 6. The monoisotopic (exact) mass is 1600 g/mol. The Bertz CT molecular complexity index is 4670. The van der Waals surface area contributed by atoms with E-state index in [1.165, 1.54) is 54.6 Å². The van der Waals surface area contributed by atoms with Gasteiger partial charge in [-0.15, -0.1) is 0 Å². The van der Waals surface area contributed by atoms with Crippen molar-refractivity contribution in [2.24, 2.45) is 47.3 Å². The van der Waals surface area contributed by atoms with Gasteiger partial charge in [-0.25, -0.2) is 4.79 Å². The standard InChI is InChI=1S/C82H90Cl2N6O23/c1-5-38(17-35(3)4)77(104)89-69-57(95)26-45(29-65(98)86-82(108)85-46-10-12-48(13-11-46)109-6-2)78(105)87-67-44-27-62(110-60-15-8-40(71(69)99)24-53(60)83)76(113-81-75(103)74(102)73(101)64(34-91)112-81)63(28-44)111-61-16-9-41(25-54(61)84)72(100)70-80(107)88-68(59(97)32-49-42-19-36-18-37(21-42)22-43(49)20-36)52-30-47(92)31-56(94)66(52)51-23-39(7-14-55(51)93)50(33-58(67)96)79(106)90-70/h7-16,23-25,27-28,30-31,35-38,42-43,45,49-50,64,67-75,81,91-94,99-103H,5-6,17-22,26,29,32-34H2,1-4H3,(H,87,105)(H,88,107)(H,89,104)(H,90,106)(H2,85,86,98,108)/t36?,37?,38-,42?,43?,45+,49?,50+,64-,67-,68+,69+,70+,71-,72-,73-,74+,75-,81+/m1/s1. The van der Waals surface area contributed by atoms with Crippen molar-refractivity contribution >= 4 is 81.8 Å². The van der Waals surface area contributed by atoms with Gasteiger partial charge in [0.15, 0.2) is 28.8 Å². The van der Waals surface area contributed by atoms with Gasteiger partial charge >= 0.3 is 6.03 Å². The fourth-order valence-electron chi connectivity index (χ4n) is 17.4. The van der Waals surface area contributed by atoms with Gasteiger partial charge in [0, 0.05) is 54.5 Å². The molecule has 113 heavy (non-hydrogen) atoms. The smallest absolute Gasteiger partial charge is 0.325 e. The Morgan fingerprint density at radius 1 is 0.637 bits per heavy atom. The average Bonchev–Trinajstić information content (AvgIpc) is 0.755. The summed E-state index contributed by atoms with van der Waals surface area (Å²) in [5, 5.41) is 120. The highest BCUT2D eigenvalue weighted by Crippen LogP contribution is 2.58. The van der Waals surface area contributed by atoms with Gasteiger partial charge in [-0.1, -0.05) is 62.2 Å². The number of amides is 7. The summed E-state index contributed by atoms with van der Waals surface area (Å²) in [5.41, 5.74) is -1.42. The zero-order chi connectivity index (χ0) is 80.7. The molecule has 16 rings (SSSR count). The van der Waals surface area contributed by atoms with E-state index in [0.29, 0.717) is 30.6 Å². The van der Waals surface area contributed by atoms with Crippen LogP contribution < -0.4 is 50.8 Å². The Labute approximate surface area is 659 Å².